The number of halogens is 2. The van der Waals surface area contributed by atoms with Crippen LogP contribution in [0.5, 0.6) is 0 Å². The van der Waals surface area contributed by atoms with Crippen molar-refractivity contribution in [2.24, 2.45) is 0 Å². The molecule has 1 aliphatic heterocycles. The molecule has 1 atom stereocenters. The van der Waals surface area contributed by atoms with E-state index in [1.54, 1.807) is 36.5 Å². The zero-order valence-corrected chi connectivity index (χ0v) is 20.1. The van der Waals surface area contributed by atoms with Crippen LogP contribution >= 0.6 is 23.2 Å². The van der Waals surface area contributed by atoms with Gasteiger partial charge in [-0.1, -0.05) is 47.5 Å². The standard InChI is InChI=1S/C23H20Cl2N4O4S/c24-16-7-5-10-20(22(16)25)34(32,33)29-18-9-2-1-8-17(18)28-23(31)19(29)14-21(30)27-13-11-15-6-3-4-12-26-15/h1-10,12,19H,11,13-14H2,(H,27,30)(H,28,31). The third kappa shape index (κ3) is 4.86. The van der Waals surface area contributed by atoms with Gasteiger partial charge in [0.05, 0.1) is 27.8 Å². The molecule has 0 radical (unpaired) electrons. The third-order valence-electron chi connectivity index (χ3n) is 5.25. The number of fused-ring (bicyclic) bond motifs is 1. The first-order valence-corrected chi connectivity index (χ1v) is 12.5. The summed E-state index contributed by atoms with van der Waals surface area (Å²) in [7, 11) is -4.35. The first kappa shape index (κ1) is 24.0. The largest absolute Gasteiger partial charge is 0.356 e. The smallest absolute Gasteiger partial charge is 0.266 e. The molecule has 0 bridgehead atoms. The van der Waals surface area contributed by atoms with Crippen molar-refractivity contribution in [2.75, 3.05) is 16.2 Å². The number of hydrogen-bond acceptors (Lipinski definition) is 5. The second-order valence-electron chi connectivity index (χ2n) is 7.50. The molecule has 2 heterocycles. The number of pyridine rings is 1. The highest BCUT2D eigenvalue weighted by Gasteiger charge is 2.42. The Morgan fingerprint density at radius 1 is 1.06 bits per heavy atom. The van der Waals surface area contributed by atoms with Crippen LogP contribution in [0.1, 0.15) is 12.1 Å². The zero-order chi connectivity index (χ0) is 24.3. The normalized spacial score (nSPS) is 15.4. The fraction of sp³-hybridized carbons (Fsp3) is 0.174. The fourth-order valence-electron chi connectivity index (χ4n) is 3.65. The number of carbonyl (C=O) groups is 2. The lowest BCUT2D eigenvalue weighted by molar-refractivity contribution is -0.125. The van der Waals surface area contributed by atoms with E-state index in [0.717, 1.165) is 10.00 Å². The van der Waals surface area contributed by atoms with E-state index in [0.29, 0.717) is 12.1 Å². The van der Waals surface area contributed by atoms with Gasteiger partial charge in [0.2, 0.25) is 11.8 Å². The van der Waals surface area contributed by atoms with Gasteiger partial charge in [-0.25, -0.2) is 8.42 Å². The fourth-order valence-corrected chi connectivity index (χ4v) is 6.02. The van der Waals surface area contributed by atoms with E-state index in [2.05, 4.69) is 15.6 Å². The Morgan fingerprint density at radius 3 is 2.59 bits per heavy atom. The maximum absolute atomic E-state index is 13.7. The third-order valence-corrected chi connectivity index (χ3v) is 8.04. The van der Waals surface area contributed by atoms with Crippen molar-refractivity contribution in [3.8, 4) is 0 Å². The first-order chi connectivity index (χ1) is 16.3. The van der Waals surface area contributed by atoms with Gasteiger partial charge in [-0.15, -0.1) is 0 Å². The van der Waals surface area contributed by atoms with E-state index < -0.39 is 27.9 Å². The second kappa shape index (κ2) is 10.0. The number of anilines is 2. The Kier molecular flexibility index (Phi) is 7.06. The molecule has 0 fully saturated rings. The molecule has 0 saturated heterocycles. The number of hydrogen-bond donors (Lipinski definition) is 2. The van der Waals surface area contributed by atoms with Gasteiger partial charge in [0.15, 0.2) is 0 Å². The van der Waals surface area contributed by atoms with Gasteiger partial charge < -0.3 is 10.6 Å². The maximum Gasteiger partial charge on any atom is 0.266 e. The Morgan fingerprint density at radius 2 is 1.82 bits per heavy atom. The van der Waals surface area contributed by atoms with E-state index in [1.165, 1.54) is 18.2 Å². The summed E-state index contributed by atoms with van der Waals surface area (Å²) in [5.74, 6) is -1.10. The minimum Gasteiger partial charge on any atom is -0.356 e. The Hall–Kier alpha value is -3.14. The van der Waals surface area contributed by atoms with E-state index in [9.17, 15) is 18.0 Å². The summed E-state index contributed by atoms with van der Waals surface area (Å²) >= 11 is 12.3. The Labute approximate surface area is 206 Å². The van der Waals surface area contributed by atoms with Crippen LogP contribution in [0.25, 0.3) is 0 Å². The molecule has 0 aliphatic carbocycles. The van der Waals surface area contributed by atoms with Crippen LogP contribution in [0.2, 0.25) is 10.0 Å². The SMILES string of the molecule is O=C(CC1C(=O)Nc2ccccc2N1S(=O)(=O)c1cccc(Cl)c1Cl)NCCc1ccccn1. The first-order valence-electron chi connectivity index (χ1n) is 10.3. The number of aromatic nitrogens is 1. The van der Waals surface area contributed by atoms with Crippen LogP contribution in [0.3, 0.4) is 0 Å². The van der Waals surface area contributed by atoms with Gasteiger partial charge in [0.25, 0.3) is 10.0 Å². The molecule has 11 heteroatoms. The molecule has 0 spiro atoms. The van der Waals surface area contributed by atoms with E-state index in [4.69, 9.17) is 23.2 Å². The average Bonchev–Trinajstić information content (AvgIpc) is 2.81. The molecule has 1 aromatic heterocycles. The lowest BCUT2D eigenvalue weighted by Crippen LogP contribution is -2.52. The van der Waals surface area contributed by atoms with Crippen molar-refractivity contribution >= 4 is 56.4 Å². The molecule has 1 aliphatic rings. The molecule has 4 rings (SSSR count). The quantitative estimate of drug-likeness (QED) is 0.496. The van der Waals surface area contributed by atoms with Crippen LogP contribution in [0, 0.1) is 0 Å². The summed E-state index contributed by atoms with van der Waals surface area (Å²) in [5, 5.41) is 5.31. The highest BCUT2D eigenvalue weighted by molar-refractivity contribution is 7.93. The van der Waals surface area contributed by atoms with Crippen LogP contribution in [0.4, 0.5) is 11.4 Å². The predicted octanol–water partition coefficient (Wildman–Crippen LogP) is 3.65. The van der Waals surface area contributed by atoms with E-state index >= 15 is 0 Å². The second-order valence-corrected chi connectivity index (χ2v) is 10.1. The van der Waals surface area contributed by atoms with Crippen LogP contribution < -0.4 is 14.9 Å². The molecule has 34 heavy (non-hydrogen) atoms. The van der Waals surface area contributed by atoms with Gasteiger partial charge in [-0.05, 0) is 36.4 Å². The molecule has 8 nitrogen and oxygen atoms in total. The molecule has 2 N–H and O–H groups in total. The summed E-state index contributed by atoms with van der Waals surface area (Å²) < 4.78 is 28.4. The lowest BCUT2D eigenvalue weighted by atomic mass is 10.1. The number of rotatable bonds is 7. The zero-order valence-electron chi connectivity index (χ0n) is 17.7. The Bertz CT molecular complexity index is 1340. The maximum atomic E-state index is 13.7. The van der Waals surface area contributed by atoms with Gasteiger partial charge in [-0.2, -0.15) is 0 Å². The number of benzene rings is 2. The molecular weight excluding hydrogens is 499 g/mol. The van der Waals surface area contributed by atoms with Crippen molar-refractivity contribution in [3.05, 3.63) is 82.6 Å². The number of nitrogens with zero attached hydrogens (tertiary/aromatic N) is 2. The van der Waals surface area contributed by atoms with Gasteiger partial charge in [0.1, 0.15) is 10.9 Å². The van der Waals surface area contributed by atoms with Crippen molar-refractivity contribution in [1.29, 1.82) is 0 Å². The number of nitrogens with one attached hydrogen (secondary N) is 2. The van der Waals surface area contributed by atoms with Crippen LogP contribution in [0.15, 0.2) is 71.8 Å². The van der Waals surface area contributed by atoms with Crippen molar-refractivity contribution < 1.29 is 18.0 Å². The predicted molar refractivity (Wildman–Crippen MR) is 131 cm³/mol. The summed E-state index contributed by atoms with van der Waals surface area (Å²) in [6.07, 6.45) is 1.76. The monoisotopic (exact) mass is 518 g/mol. The van der Waals surface area contributed by atoms with Gasteiger partial charge >= 0.3 is 0 Å². The molecular formula is C23H20Cl2N4O4S. The van der Waals surface area contributed by atoms with Crippen LogP contribution in [-0.2, 0) is 26.0 Å². The molecule has 0 saturated carbocycles. The van der Waals surface area contributed by atoms with E-state index in [-0.39, 0.29) is 33.6 Å². The minimum absolute atomic E-state index is 0.0568. The number of para-hydroxylation sites is 2. The molecule has 3 aromatic rings. The summed E-state index contributed by atoms with van der Waals surface area (Å²) in [6, 6.07) is 14.8. The minimum atomic E-state index is -4.35. The average molecular weight is 519 g/mol. The lowest BCUT2D eigenvalue weighted by Gasteiger charge is -2.36. The highest BCUT2D eigenvalue weighted by atomic mass is 35.5. The van der Waals surface area contributed by atoms with Crippen molar-refractivity contribution in [1.82, 2.24) is 10.3 Å². The van der Waals surface area contributed by atoms with Gasteiger partial charge in [-0.3, -0.25) is 18.9 Å². The highest BCUT2D eigenvalue weighted by Crippen LogP contribution is 2.39. The van der Waals surface area contributed by atoms with Crippen molar-refractivity contribution in [3.63, 3.8) is 0 Å². The number of carbonyl (C=O) groups excluding carboxylic acids is 2. The Balaban J connectivity index is 1.63. The molecule has 176 valence electrons. The molecule has 2 aromatic carbocycles. The number of amides is 2. The van der Waals surface area contributed by atoms with E-state index in [1.807, 2.05) is 12.1 Å². The molecule has 1 unspecified atom stereocenters. The topological polar surface area (TPSA) is 108 Å². The van der Waals surface area contributed by atoms with Gasteiger partial charge in [0, 0.05) is 24.9 Å². The molecule has 2 amide bonds. The summed E-state index contributed by atoms with van der Waals surface area (Å²) in [6.45, 7) is 0.285. The van der Waals surface area contributed by atoms with Crippen LogP contribution in [-0.4, -0.2) is 37.8 Å². The number of sulfonamides is 1. The van der Waals surface area contributed by atoms with Crippen molar-refractivity contribution in [2.45, 2.75) is 23.8 Å². The summed E-state index contributed by atoms with van der Waals surface area (Å²) in [4.78, 5) is 29.6. The summed E-state index contributed by atoms with van der Waals surface area (Å²) in [5.41, 5.74) is 1.33.